The summed E-state index contributed by atoms with van der Waals surface area (Å²) in [6.45, 7) is 11.7. The standard InChI is InChI=1S/C52H46N4O7/c1-33-27-40(55(57)58)28-38-23-25-51(62-47(33)38)49(2,3)42-11-7-9-13-44(42)53(51)31-34-15-19-36(20-16-34)37-21-17-35(18-22-37)32-54-45-14-10-8-12-43(45)50(4,5)52(54)26-24-39-29-41(56(59)60)30-46(61-6)48(39)63-52/h7-30H,31-32H2,1-6H3. The number of nitrogens with zero attached hydrogens (tertiary/aromatic N) is 4. The van der Waals surface area contributed by atoms with Crippen molar-refractivity contribution in [3.05, 3.63) is 193 Å². The van der Waals surface area contributed by atoms with Crippen molar-refractivity contribution in [2.75, 3.05) is 16.9 Å². The monoisotopic (exact) mass is 838 g/mol. The fourth-order valence-corrected chi connectivity index (χ4v) is 10.3. The fraction of sp³-hybridized carbons (Fsp3) is 0.231. The number of methoxy groups -OCH3 is 1. The van der Waals surface area contributed by atoms with E-state index in [9.17, 15) is 20.2 Å². The Morgan fingerprint density at radius 2 is 1.02 bits per heavy atom. The van der Waals surface area contributed by atoms with Gasteiger partial charge in [0, 0.05) is 53.8 Å². The van der Waals surface area contributed by atoms with Gasteiger partial charge in [0.05, 0.1) is 33.9 Å². The quantitative estimate of drug-likeness (QED) is 0.109. The minimum atomic E-state index is -0.952. The van der Waals surface area contributed by atoms with E-state index < -0.39 is 27.2 Å². The van der Waals surface area contributed by atoms with Crippen LogP contribution in [0.5, 0.6) is 17.2 Å². The van der Waals surface area contributed by atoms with Gasteiger partial charge in [-0.3, -0.25) is 20.2 Å². The van der Waals surface area contributed by atoms with Crippen LogP contribution in [0.25, 0.3) is 23.3 Å². The Balaban J connectivity index is 0.926. The van der Waals surface area contributed by atoms with E-state index in [0.717, 1.165) is 44.8 Å². The molecular weight excluding hydrogens is 793 g/mol. The number of aryl methyl sites for hydroxylation is 1. The Hall–Kier alpha value is -7.40. The van der Waals surface area contributed by atoms with Crippen molar-refractivity contribution >= 4 is 34.9 Å². The van der Waals surface area contributed by atoms with Crippen LogP contribution in [-0.4, -0.2) is 28.4 Å². The van der Waals surface area contributed by atoms with E-state index in [4.69, 9.17) is 14.2 Å². The average molecular weight is 839 g/mol. The number of nitro benzene ring substituents is 2. The smallest absolute Gasteiger partial charge is 0.274 e. The van der Waals surface area contributed by atoms with Gasteiger partial charge in [0.1, 0.15) is 5.75 Å². The van der Waals surface area contributed by atoms with Gasteiger partial charge in [0.15, 0.2) is 11.5 Å². The second kappa shape index (κ2) is 14.1. The third-order valence-electron chi connectivity index (χ3n) is 13.7. The number of benzene rings is 6. The van der Waals surface area contributed by atoms with Crippen LogP contribution in [-0.2, 0) is 23.9 Å². The maximum atomic E-state index is 11.7. The van der Waals surface area contributed by atoms with Gasteiger partial charge in [0.2, 0.25) is 11.4 Å². The van der Waals surface area contributed by atoms with E-state index in [1.807, 2.05) is 37.3 Å². The zero-order valence-electron chi connectivity index (χ0n) is 35.9. The molecule has 63 heavy (non-hydrogen) atoms. The second-order valence-corrected chi connectivity index (χ2v) is 17.9. The van der Waals surface area contributed by atoms with Gasteiger partial charge in [0.25, 0.3) is 11.4 Å². The van der Waals surface area contributed by atoms with Gasteiger partial charge in [-0.05, 0) is 110 Å². The van der Waals surface area contributed by atoms with Crippen LogP contribution in [0.1, 0.15) is 66.6 Å². The first kappa shape index (κ1) is 39.7. The number of anilines is 2. The van der Waals surface area contributed by atoms with Gasteiger partial charge >= 0.3 is 0 Å². The molecule has 0 N–H and O–H groups in total. The molecule has 0 aliphatic carbocycles. The highest BCUT2D eigenvalue weighted by Crippen LogP contribution is 2.58. The SMILES string of the molecule is COc1cc([N+](=O)[O-])cc2c1OC1(C=C2)N(Cc2ccc(-c3ccc(CN4c5ccccc5C(C)(C)C45C=Cc4cc([N+](=O)[O-])cc(C)c4O5)cc3)cc2)c2ccccc2C1(C)C. The first-order valence-electron chi connectivity index (χ1n) is 21.0. The maximum Gasteiger partial charge on any atom is 0.274 e. The summed E-state index contributed by atoms with van der Waals surface area (Å²) in [5.74, 6) is 1.44. The predicted octanol–water partition coefficient (Wildman–Crippen LogP) is 11.7. The summed E-state index contributed by atoms with van der Waals surface area (Å²) in [7, 11) is 1.50. The molecule has 0 fully saturated rings. The van der Waals surface area contributed by atoms with Crippen LogP contribution < -0.4 is 24.0 Å². The predicted molar refractivity (Wildman–Crippen MR) is 245 cm³/mol. The van der Waals surface area contributed by atoms with E-state index in [1.165, 1.54) is 24.8 Å². The molecule has 10 rings (SSSR count). The van der Waals surface area contributed by atoms with Crippen molar-refractivity contribution in [3.63, 3.8) is 0 Å². The topological polar surface area (TPSA) is 120 Å². The Kier molecular flexibility index (Phi) is 8.87. The zero-order chi connectivity index (χ0) is 44.1. The largest absolute Gasteiger partial charge is 0.493 e. The van der Waals surface area contributed by atoms with Crippen LogP contribution in [0.15, 0.2) is 133 Å². The third-order valence-corrected chi connectivity index (χ3v) is 13.7. The lowest BCUT2D eigenvalue weighted by Gasteiger charge is -2.47. The van der Waals surface area contributed by atoms with Gasteiger partial charge in [-0.2, -0.15) is 0 Å². The molecule has 4 heterocycles. The molecule has 316 valence electrons. The number of rotatable bonds is 8. The van der Waals surface area contributed by atoms with E-state index in [-0.39, 0.29) is 16.3 Å². The lowest BCUT2D eigenvalue weighted by Crippen LogP contribution is -2.59. The number of nitro groups is 2. The minimum absolute atomic E-state index is 0.0446. The molecule has 0 aromatic heterocycles. The summed E-state index contributed by atoms with van der Waals surface area (Å²) in [4.78, 5) is 27.2. The number of ether oxygens (including phenoxy) is 3. The Morgan fingerprint density at radius 1 is 0.587 bits per heavy atom. The summed E-state index contributed by atoms with van der Waals surface area (Å²) < 4.78 is 19.7. The Morgan fingerprint density at radius 3 is 1.48 bits per heavy atom. The third kappa shape index (κ3) is 5.86. The van der Waals surface area contributed by atoms with E-state index in [1.54, 1.807) is 12.1 Å². The molecule has 0 saturated heterocycles. The molecule has 4 aliphatic heterocycles. The molecule has 6 aromatic carbocycles. The van der Waals surface area contributed by atoms with E-state index in [0.29, 0.717) is 41.5 Å². The molecule has 2 atom stereocenters. The van der Waals surface area contributed by atoms with Gasteiger partial charge < -0.3 is 24.0 Å². The van der Waals surface area contributed by atoms with Crippen molar-refractivity contribution in [2.45, 2.75) is 70.0 Å². The molecular formula is C52H46N4O7. The minimum Gasteiger partial charge on any atom is -0.493 e. The molecule has 0 saturated carbocycles. The van der Waals surface area contributed by atoms with Crippen LogP contribution >= 0.6 is 0 Å². The van der Waals surface area contributed by atoms with Gasteiger partial charge in [-0.15, -0.1) is 0 Å². The highest BCUT2D eigenvalue weighted by molar-refractivity contribution is 5.77. The number of hydrogen-bond donors (Lipinski definition) is 0. The maximum absolute atomic E-state index is 11.7. The number of non-ortho nitro benzene ring substituents is 2. The van der Waals surface area contributed by atoms with Crippen molar-refractivity contribution in [2.24, 2.45) is 0 Å². The first-order chi connectivity index (χ1) is 30.2. The number of hydrogen-bond acceptors (Lipinski definition) is 9. The fourth-order valence-electron chi connectivity index (χ4n) is 10.3. The van der Waals surface area contributed by atoms with Crippen LogP contribution in [0.2, 0.25) is 0 Å². The van der Waals surface area contributed by atoms with E-state index >= 15 is 0 Å². The van der Waals surface area contributed by atoms with E-state index in [2.05, 4.69) is 128 Å². The molecule has 0 bridgehead atoms. The average Bonchev–Trinajstić information content (AvgIpc) is 3.57. The summed E-state index contributed by atoms with van der Waals surface area (Å²) >= 11 is 0. The van der Waals surface area contributed by atoms with Crippen molar-refractivity contribution in [1.29, 1.82) is 0 Å². The first-order valence-corrected chi connectivity index (χ1v) is 21.0. The molecule has 2 unspecified atom stereocenters. The van der Waals surface area contributed by atoms with Crippen LogP contribution in [0.4, 0.5) is 22.7 Å². The molecule has 6 aromatic rings. The van der Waals surface area contributed by atoms with Gasteiger partial charge in [-0.1, -0.05) is 84.9 Å². The summed E-state index contributed by atoms with van der Waals surface area (Å²) in [6, 6.07) is 40.1. The summed E-state index contributed by atoms with van der Waals surface area (Å²) in [5.41, 5.74) is 8.02. The molecule has 4 aliphatic rings. The molecule has 0 radical (unpaired) electrons. The van der Waals surface area contributed by atoms with Crippen molar-refractivity contribution in [1.82, 2.24) is 0 Å². The Labute approximate surface area is 365 Å². The highest BCUT2D eigenvalue weighted by Gasteiger charge is 2.60. The summed E-state index contributed by atoms with van der Waals surface area (Å²) in [5, 5.41) is 23.4. The lowest BCUT2D eigenvalue weighted by atomic mass is 9.76. The van der Waals surface area contributed by atoms with Gasteiger partial charge in [-0.25, -0.2) is 0 Å². The normalized spacial score (nSPS) is 20.4. The molecule has 0 amide bonds. The van der Waals surface area contributed by atoms with Crippen molar-refractivity contribution < 1.29 is 24.1 Å². The number of para-hydroxylation sites is 2. The number of fused-ring (bicyclic) bond motifs is 4. The van der Waals surface area contributed by atoms with Crippen LogP contribution in [0.3, 0.4) is 0 Å². The highest BCUT2D eigenvalue weighted by atomic mass is 16.6. The molecule has 11 heteroatoms. The summed E-state index contributed by atoms with van der Waals surface area (Å²) in [6.07, 6.45) is 7.99. The molecule has 2 spiro atoms. The Bertz CT molecular complexity index is 2940. The lowest BCUT2D eigenvalue weighted by molar-refractivity contribution is -0.385. The van der Waals surface area contributed by atoms with Crippen LogP contribution in [0, 0.1) is 27.2 Å². The second-order valence-electron chi connectivity index (χ2n) is 17.9. The van der Waals surface area contributed by atoms with Crippen molar-refractivity contribution in [3.8, 4) is 28.4 Å². The molecule has 11 nitrogen and oxygen atoms in total. The zero-order valence-corrected chi connectivity index (χ0v) is 35.9.